The summed E-state index contributed by atoms with van der Waals surface area (Å²) in [6.07, 6.45) is 0.330. The van der Waals surface area contributed by atoms with Crippen LogP contribution in [-0.4, -0.2) is 33.2 Å². The maximum atomic E-state index is 11.9. The summed E-state index contributed by atoms with van der Waals surface area (Å²) in [6.45, 7) is 0.429. The molecule has 1 aromatic rings. The second-order valence-corrected chi connectivity index (χ2v) is 6.62. The quantitative estimate of drug-likeness (QED) is 0.801. The van der Waals surface area contributed by atoms with Gasteiger partial charge in [0.1, 0.15) is 4.90 Å². The van der Waals surface area contributed by atoms with Crippen LogP contribution >= 0.6 is 12.6 Å². The lowest BCUT2D eigenvalue weighted by Gasteiger charge is -2.19. The van der Waals surface area contributed by atoms with Crippen molar-refractivity contribution in [3.05, 3.63) is 24.3 Å². The summed E-state index contributed by atoms with van der Waals surface area (Å²) in [5.41, 5.74) is 0.411. The van der Waals surface area contributed by atoms with Crippen LogP contribution in [0.4, 0.5) is 5.69 Å². The van der Waals surface area contributed by atoms with Gasteiger partial charge >= 0.3 is 0 Å². The van der Waals surface area contributed by atoms with E-state index in [9.17, 15) is 13.2 Å². The van der Waals surface area contributed by atoms with E-state index in [4.69, 9.17) is 0 Å². The van der Waals surface area contributed by atoms with E-state index in [1.165, 1.54) is 18.0 Å². The fraction of sp³-hybridized carbons (Fsp3) is 0.364. The van der Waals surface area contributed by atoms with E-state index in [1.807, 2.05) is 0 Å². The van der Waals surface area contributed by atoms with E-state index in [2.05, 4.69) is 17.4 Å². The first kappa shape index (κ1) is 13.4. The third-order valence-corrected chi connectivity index (χ3v) is 4.63. The van der Waals surface area contributed by atoms with Crippen LogP contribution in [0.3, 0.4) is 0 Å². The lowest BCUT2D eigenvalue weighted by atomic mass is 10.3. The van der Waals surface area contributed by atoms with Crippen molar-refractivity contribution in [2.24, 2.45) is 0 Å². The second kappa shape index (κ2) is 4.91. The van der Waals surface area contributed by atoms with Gasteiger partial charge in [0, 0.05) is 18.2 Å². The first-order valence-electron chi connectivity index (χ1n) is 5.46. The molecule has 1 N–H and O–H groups in total. The number of para-hydroxylation sites is 1. The number of rotatable bonds is 3. The highest BCUT2D eigenvalue weighted by molar-refractivity contribution is 7.89. The predicted octanol–water partition coefficient (Wildman–Crippen LogP) is 0.630. The Morgan fingerprint density at radius 2 is 2.06 bits per heavy atom. The van der Waals surface area contributed by atoms with Gasteiger partial charge in [-0.15, -0.1) is 0 Å². The van der Waals surface area contributed by atoms with Crippen LogP contribution in [0, 0.1) is 0 Å². The van der Waals surface area contributed by atoms with Gasteiger partial charge in [0.2, 0.25) is 15.9 Å². The molecule has 0 aliphatic carbocycles. The summed E-state index contributed by atoms with van der Waals surface area (Å²) in [6, 6.07) is 6.46. The summed E-state index contributed by atoms with van der Waals surface area (Å²) in [7, 11) is -2.23. The van der Waals surface area contributed by atoms with Gasteiger partial charge < -0.3 is 4.90 Å². The molecule has 1 fully saturated rings. The smallest absolute Gasteiger partial charge is 0.242 e. The Morgan fingerprint density at radius 1 is 1.39 bits per heavy atom. The van der Waals surface area contributed by atoms with Gasteiger partial charge in [0.05, 0.1) is 5.69 Å². The van der Waals surface area contributed by atoms with Crippen LogP contribution < -0.4 is 9.62 Å². The van der Waals surface area contributed by atoms with Crippen LogP contribution in [0.1, 0.15) is 6.42 Å². The maximum Gasteiger partial charge on any atom is 0.242 e. The molecule has 1 saturated heterocycles. The van der Waals surface area contributed by atoms with Crippen molar-refractivity contribution in [2.45, 2.75) is 16.6 Å². The molecule has 1 aliphatic rings. The van der Waals surface area contributed by atoms with Gasteiger partial charge in [0.25, 0.3) is 0 Å². The Labute approximate surface area is 112 Å². The molecule has 1 aromatic carbocycles. The number of sulfonamides is 1. The van der Waals surface area contributed by atoms with E-state index in [1.54, 1.807) is 18.2 Å². The van der Waals surface area contributed by atoms with Crippen molar-refractivity contribution in [3.63, 3.8) is 0 Å². The molecule has 1 amide bonds. The number of amides is 1. The lowest BCUT2D eigenvalue weighted by molar-refractivity contribution is -0.117. The Kier molecular flexibility index (Phi) is 3.65. The molecule has 1 aliphatic heterocycles. The van der Waals surface area contributed by atoms with Gasteiger partial charge in [-0.1, -0.05) is 12.1 Å². The van der Waals surface area contributed by atoms with Crippen molar-refractivity contribution in [1.82, 2.24) is 4.72 Å². The Bertz CT molecular complexity index is 571. The predicted molar refractivity (Wildman–Crippen MR) is 72.4 cm³/mol. The molecule has 2 rings (SSSR count). The number of nitrogens with one attached hydrogen (secondary N) is 1. The molecule has 0 aromatic heterocycles. The third-order valence-electron chi connectivity index (χ3n) is 2.82. The van der Waals surface area contributed by atoms with E-state index in [0.29, 0.717) is 18.7 Å². The highest BCUT2D eigenvalue weighted by atomic mass is 32.2. The van der Waals surface area contributed by atoms with Crippen LogP contribution in [0.2, 0.25) is 0 Å². The molecule has 0 saturated carbocycles. The Hall–Kier alpha value is -1.05. The lowest BCUT2D eigenvalue weighted by Crippen LogP contribution is -2.28. The third kappa shape index (κ3) is 2.38. The van der Waals surface area contributed by atoms with Crippen molar-refractivity contribution in [1.29, 1.82) is 0 Å². The minimum atomic E-state index is -3.58. The zero-order valence-electron chi connectivity index (χ0n) is 9.83. The molecule has 0 bridgehead atoms. The Balaban J connectivity index is 2.50. The number of thiol groups is 1. The summed E-state index contributed by atoms with van der Waals surface area (Å²) in [5, 5.41) is -0.0529. The number of carbonyl (C=O) groups is 1. The zero-order chi connectivity index (χ0) is 13.3. The number of anilines is 1. The fourth-order valence-corrected chi connectivity index (χ4v) is 3.19. The van der Waals surface area contributed by atoms with E-state index in [0.717, 1.165) is 0 Å². The van der Waals surface area contributed by atoms with E-state index < -0.39 is 10.0 Å². The number of benzene rings is 1. The van der Waals surface area contributed by atoms with Gasteiger partial charge in [-0.2, -0.15) is 12.6 Å². The monoisotopic (exact) mass is 286 g/mol. The summed E-state index contributed by atoms with van der Waals surface area (Å²) < 4.78 is 26.1. The normalized spacial score (nSPS) is 20.4. The standard InChI is InChI=1S/C11H14N2O3S2/c1-12-18(15,16)10-5-3-2-4-9(10)13-7-8(17)6-11(13)14/h2-5,8,12,17H,6-7H2,1H3. The fourth-order valence-electron chi connectivity index (χ4n) is 1.94. The zero-order valence-corrected chi connectivity index (χ0v) is 11.5. The molecule has 7 heteroatoms. The second-order valence-electron chi connectivity index (χ2n) is 4.04. The first-order valence-corrected chi connectivity index (χ1v) is 7.46. The number of hydrogen-bond acceptors (Lipinski definition) is 4. The number of nitrogens with zero attached hydrogens (tertiary/aromatic N) is 1. The topological polar surface area (TPSA) is 66.5 Å². The largest absolute Gasteiger partial charge is 0.310 e. The van der Waals surface area contributed by atoms with Crippen LogP contribution in [-0.2, 0) is 14.8 Å². The Morgan fingerprint density at radius 3 is 2.61 bits per heavy atom. The highest BCUT2D eigenvalue weighted by Gasteiger charge is 2.31. The van der Waals surface area contributed by atoms with Crippen LogP contribution in [0.15, 0.2) is 29.2 Å². The maximum absolute atomic E-state index is 11.9. The van der Waals surface area contributed by atoms with Crippen LogP contribution in [0.25, 0.3) is 0 Å². The molecule has 98 valence electrons. The summed E-state index contributed by atoms with van der Waals surface area (Å²) >= 11 is 4.26. The summed E-state index contributed by atoms with van der Waals surface area (Å²) in [4.78, 5) is 13.4. The average Bonchev–Trinajstić information content (AvgIpc) is 2.68. The number of hydrogen-bond donors (Lipinski definition) is 2. The molecule has 5 nitrogen and oxygen atoms in total. The minimum absolute atomic E-state index is 0.0529. The van der Waals surface area contributed by atoms with Crippen molar-refractivity contribution in [3.8, 4) is 0 Å². The average molecular weight is 286 g/mol. The molecule has 1 heterocycles. The van der Waals surface area contributed by atoms with E-state index >= 15 is 0 Å². The molecule has 18 heavy (non-hydrogen) atoms. The van der Waals surface area contributed by atoms with Crippen molar-refractivity contribution < 1.29 is 13.2 Å². The SMILES string of the molecule is CNS(=O)(=O)c1ccccc1N1CC(S)CC1=O. The summed E-state index contributed by atoms with van der Waals surface area (Å²) in [5.74, 6) is -0.103. The molecular weight excluding hydrogens is 272 g/mol. The minimum Gasteiger partial charge on any atom is -0.310 e. The van der Waals surface area contributed by atoms with Crippen LogP contribution in [0.5, 0.6) is 0 Å². The molecule has 0 radical (unpaired) electrons. The number of carbonyl (C=O) groups excluding carboxylic acids is 1. The van der Waals surface area contributed by atoms with Crippen molar-refractivity contribution >= 4 is 34.2 Å². The van der Waals surface area contributed by atoms with Gasteiger partial charge in [0.15, 0.2) is 0 Å². The molecular formula is C11H14N2O3S2. The van der Waals surface area contributed by atoms with Gasteiger partial charge in [-0.3, -0.25) is 4.79 Å². The van der Waals surface area contributed by atoms with Gasteiger partial charge in [-0.05, 0) is 19.2 Å². The van der Waals surface area contributed by atoms with Crippen molar-refractivity contribution in [2.75, 3.05) is 18.5 Å². The van der Waals surface area contributed by atoms with E-state index in [-0.39, 0.29) is 16.1 Å². The molecule has 1 atom stereocenters. The van der Waals surface area contributed by atoms with Gasteiger partial charge in [-0.25, -0.2) is 13.1 Å². The first-order chi connectivity index (χ1) is 8.45. The molecule has 1 unspecified atom stereocenters. The highest BCUT2D eigenvalue weighted by Crippen LogP contribution is 2.29. The molecule has 0 spiro atoms.